The number of carbonyl (C=O) groups excluding carboxylic acids is 1. The number of hydrogen-bond acceptors (Lipinski definition) is 3. The number of nitrogens with zero attached hydrogens (tertiary/aromatic N) is 2. The van der Waals surface area contributed by atoms with Crippen molar-refractivity contribution in [2.75, 3.05) is 19.7 Å². The number of aliphatic hydroxyl groups is 1. The van der Waals surface area contributed by atoms with Crippen LogP contribution in [0.3, 0.4) is 0 Å². The Labute approximate surface area is 131 Å². The van der Waals surface area contributed by atoms with Gasteiger partial charge in [-0.25, -0.2) is 0 Å². The molecule has 0 unspecified atom stereocenters. The van der Waals surface area contributed by atoms with Gasteiger partial charge in [-0.05, 0) is 18.2 Å². The van der Waals surface area contributed by atoms with Gasteiger partial charge in [-0.3, -0.25) is 9.89 Å². The predicted molar refractivity (Wildman–Crippen MR) is 82.8 cm³/mol. The van der Waals surface area contributed by atoms with Gasteiger partial charge in [0.1, 0.15) is 5.69 Å². The monoisotopic (exact) mass is 349 g/mol. The summed E-state index contributed by atoms with van der Waals surface area (Å²) in [7, 11) is 0. The molecule has 6 heteroatoms. The third-order valence-corrected chi connectivity index (χ3v) is 4.29. The highest BCUT2D eigenvalue weighted by Crippen LogP contribution is 2.30. The highest BCUT2D eigenvalue weighted by atomic mass is 79.9. The first kappa shape index (κ1) is 14.3. The van der Waals surface area contributed by atoms with Crippen LogP contribution in [0, 0.1) is 5.41 Å². The van der Waals surface area contributed by atoms with Gasteiger partial charge in [0.2, 0.25) is 0 Å². The second-order valence-electron chi connectivity index (χ2n) is 5.80. The van der Waals surface area contributed by atoms with E-state index in [-0.39, 0.29) is 17.9 Å². The Morgan fingerprint density at radius 3 is 2.71 bits per heavy atom. The second kappa shape index (κ2) is 5.27. The Hall–Kier alpha value is -1.66. The Kier molecular flexibility index (Phi) is 3.59. The van der Waals surface area contributed by atoms with Gasteiger partial charge in [0, 0.05) is 28.5 Å². The van der Waals surface area contributed by atoms with E-state index in [1.54, 1.807) is 11.0 Å². The van der Waals surface area contributed by atoms with E-state index < -0.39 is 0 Å². The number of hydrogen-bond donors (Lipinski definition) is 2. The van der Waals surface area contributed by atoms with Crippen LogP contribution in [0.1, 0.15) is 17.4 Å². The molecule has 0 saturated carbocycles. The maximum Gasteiger partial charge on any atom is 0.271 e. The van der Waals surface area contributed by atoms with Crippen molar-refractivity contribution in [2.24, 2.45) is 5.41 Å². The summed E-state index contributed by atoms with van der Waals surface area (Å²) in [5, 5.41) is 16.2. The molecule has 1 aliphatic rings. The number of halogens is 1. The van der Waals surface area contributed by atoms with Gasteiger partial charge >= 0.3 is 0 Å². The molecule has 1 amide bonds. The van der Waals surface area contributed by atoms with Crippen molar-refractivity contribution in [3.63, 3.8) is 0 Å². The minimum atomic E-state index is -0.162. The number of amides is 1. The molecule has 2 N–H and O–H groups in total. The minimum Gasteiger partial charge on any atom is -0.396 e. The van der Waals surface area contributed by atoms with Crippen LogP contribution < -0.4 is 0 Å². The Morgan fingerprint density at radius 2 is 2.10 bits per heavy atom. The first-order valence-electron chi connectivity index (χ1n) is 6.72. The normalized spacial score (nSPS) is 16.6. The number of carbonyl (C=O) groups is 1. The molecule has 1 aromatic heterocycles. The van der Waals surface area contributed by atoms with Crippen molar-refractivity contribution in [3.8, 4) is 11.3 Å². The Bertz CT molecular complexity index is 660. The minimum absolute atomic E-state index is 0.0724. The molecule has 0 bridgehead atoms. The van der Waals surface area contributed by atoms with Gasteiger partial charge in [-0.15, -0.1) is 0 Å². The van der Waals surface area contributed by atoms with E-state index in [4.69, 9.17) is 0 Å². The lowest BCUT2D eigenvalue weighted by Gasteiger charge is -2.46. The fourth-order valence-corrected chi connectivity index (χ4v) is 2.75. The van der Waals surface area contributed by atoms with Gasteiger partial charge in [-0.1, -0.05) is 35.0 Å². The van der Waals surface area contributed by atoms with Crippen molar-refractivity contribution in [1.82, 2.24) is 15.1 Å². The first-order valence-corrected chi connectivity index (χ1v) is 7.51. The number of nitrogens with one attached hydrogen (secondary N) is 1. The third-order valence-electron chi connectivity index (χ3n) is 3.76. The van der Waals surface area contributed by atoms with E-state index in [1.807, 2.05) is 31.2 Å². The van der Waals surface area contributed by atoms with Crippen molar-refractivity contribution >= 4 is 21.8 Å². The van der Waals surface area contributed by atoms with Crippen LogP contribution in [0.15, 0.2) is 34.8 Å². The van der Waals surface area contributed by atoms with Crippen molar-refractivity contribution < 1.29 is 9.90 Å². The fraction of sp³-hybridized carbons (Fsp3) is 0.333. The topological polar surface area (TPSA) is 69.2 Å². The van der Waals surface area contributed by atoms with E-state index in [0.29, 0.717) is 18.8 Å². The lowest BCUT2D eigenvalue weighted by Crippen LogP contribution is -2.58. The quantitative estimate of drug-likeness (QED) is 0.893. The molecule has 5 nitrogen and oxygen atoms in total. The molecule has 2 heterocycles. The number of likely N-dealkylation sites (tertiary alicyclic amines) is 1. The van der Waals surface area contributed by atoms with Gasteiger partial charge < -0.3 is 10.0 Å². The third kappa shape index (κ3) is 2.73. The maximum absolute atomic E-state index is 12.3. The highest BCUT2D eigenvalue weighted by Gasteiger charge is 2.41. The zero-order valence-corrected chi connectivity index (χ0v) is 13.2. The molecule has 1 aromatic carbocycles. The summed E-state index contributed by atoms with van der Waals surface area (Å²) in [6.45, 7) is 3.23. The SMILES string of the molecule is CC1(CO)CN(C(=O)c2cc(-c3ccc(Br)cc3)n[nH]2)C1. The molecule has 0 aliphatic carbocycles. The largest absolute Gasteiger partial charge is 0.396 e. The molecule has 0 spiro atoms. The molecule has 2 aromatic rings. The second-order valence-corrected chi connectivity index (χ2v) is 6.72. The highest BCUT2D eigenvalue weighted by molar-refractivity contribution is 9.10. The summed E-state index contributed by atoms with van der Waals surface area (Å²) < 4.78 is 1.00. The molecular weight excluding hydrogens is 334 g/mol. The summed E-state index contributed by atoms with van der Waals surface area (Å²) in [6, 6.07) is 9.53. The van der Waals surface area contributed by atoms with E-state index in [0.717, 1.165) is 15.7 Å². The maximum atomic E-state index is 12.3. The van der Waals surface area contributed by atoms with Gasteiger partial charge in [0.05, 0.1) is 12.3 Å². The van der Waals surface area contributed by atoms with E-state index in [2.05, 4.69) is 26.1 Å². The summed E-state index contributed by atoms with van der Waals surface area (Å²) in [5.41, 5.74) is 2.02. The summed E-state index contributed by atoms with van der Waals surface area (Å²) in [5.74, 6) is -0.0724. The summed E-state index contributed by atoms with van der Waals surface area (Å²) >= 11 is 3.39. The van der Waals surface area contributed by atoms with E-state index >= 15 is 0 Å². The van der Waals surface area contributed by atoms with Crippen LogP contribution in [0.5, 0.6) is 0 Å². The zero-order chi connectivity index (χ0) is 15.0. The number of aromatic nitrogens is 2. The number of aliphatic hydroxyl groups excluding tert-OH is 1. The van der Waals surface area contributed by atoms with E-state index in [1.165, 1.54) is 0 Å². The summed E-state index contributed by atoms with van der Waals surface area (Å²) in [4.78, 5) is 14.0. The lowest BCUT2D eigenvalue weighted by atomic mass is 9.83. The standard InChI is InChI=1S/C15H16BrN3O2/c1-15(9-20)7-19(8-15)14(21)13-6-12(17-18-13)10-2-4-11(16)5-3-10/h2-6,20H,7-9H2,1H3,(H,17,18). The van der Waals surface area contributed by atoms with Gasteiger partial charge in [0.25, 0.3) is 5.91 Å². The first-order chi connectivity index (χ1) is 10.0. The summed E-state index contributed by atoms with van der Waals surface area (Å²) in [6.07, 6.45) is 0. The van der Waals surface area contributed by atoms with Crippen LogP contribution in [0.25, 0.3) is 11.3 Å². The molecule has 1 aliphatic heterocycles. The molecule has 1 saturated heterocycles. The van der Waals surface area contributed by atoms with Gasteiger partial charge in [0.15, 0.2) is 0 Å². The Morgan fingerprint density at radius 1 is 1.43 bits per heavy atom. The lowest BCUT2D eigenvalue weighted by molar-refractivity contribution is -0.0156. The van der Waals surface area contributed by atoms with Crippen LogP contribution in [0.2, 0.25) is 0 Å². The molecule has 1 fully saturated rings. The average molecular weight is 350 g/mol. The number of rotatable bonds is 3. The number of benzene rings is 1. The van der Waals surface area contributed by atoms with Gasteiger partial charge in [-0.2, -0.15) is 5.10 Å². The Balaban J connectivity index is 1.73. The number of aromatic amines is 1. The fourth-order valence-electron chi connectivity index (χ4n) is 2.49. The average Bonchev–Trinajstić information content (AvgIpc) is 2.93. The number of H-pyrrole nitrogens is 1. The smallest absolute Gasteiger partial charge is 0.271 e. The molecule has 3 rings (SSSR count). The van der Waals surface area contributed by atoms with Crippen LogP contribution in [-0.4, -0.2) is 45.8 Å². The molecular formula is C15H16BrN3O2. The van der Waals surface area contributed by atoms with Crippen molar-refractivity contribution in [1.29, 1.82) is 0 Å². The van der Waals surface area contributed by atoms with Crippen molar-refractivity contribution in [2.45, 2.75) is 6.92 Å². The molecule has 21 heavy (non-hydrogen) atoms. The predicted octanol–water partition coefficient (Wildman–Crippen LogP) is 2.29. The van der Waals surface area contributed by atoms with Crippen molar-refractivity contribution in [3.05, 3.63) is 40.5 Å². The van der Waals surface area contributed by atoms with E-state index in [9.17, 15) is 9.90 Å². The van der Waals surface area contributed by atoms with Crippen LogP contribution in [-0.2, 0) is 0 Å². The zero-order valence-electron chi connectivity index (χ0n) is 11.6. The molecule has 0 atom stereocenters. The molecule has 0 radical (unpaired) electrons. The van der Waals surface area contributed by atoms with Crippen LogP contribution in [0.4, 0.5) is 0 Å². The van der Waals surface area contributed by atoms with Crippen LogP contribution >= 0.6 is 15.9 Å². The molecule has 110 valence electrons.